The van der Waals surface area contributed by atoms with Crippen LogP contribution in [0.1, 0.15) is 50.9 Å². The number of halogens is 2. The highest BCUT2D eigenvalue weighted by molar-refractivity contribution is 6.62. The predicted octanol–water partition coefficient (Wildman–Crippen LogP) is 2.54. The molecular weight excluding hydrogens is 374 g/mol. The Balaban J connectivity index is 0.00000243. The van der Waals surface area contributed by atoms with Crippen molar-refractivity contribution in [3.8, 4) is 0 Å². The number of piperidine rings is 1. The molecular formula is C18H27BCl2N2O3. The van der Waals surface area contributed by atoms with Gasteiger partial charge in [0.05, 0.1) is 21.8 Å². The second kappa shape index (κ2) is 8.07. The van der Waals surface area contributed by atoms with E-state index in [-0.39, 0.29) is 24.4 Å². The second-order valence-electron chi connectivity index (χ2n) is 7.84. The maximum Gasteiger partial charge on any atom is 0.494 e. The summed E-state index contributed by atoms with van der Waals surface area (Å²) in [7, 11) is -0.484. The summed E-state index contributed by atoms with van der Waals surface area (Å²) in [6.07, 6.45) is 2.06. The fourth-order valence-electron chi connectivity index (χ4n) is 3.08. The van der Waals surface area contributed by atoms with Crippen LogP contribution in [-0.4, -0.2) is 43.4 Å². The lowest BCUT2D eigenvalue weighted by molar-refractivity contribution is 0.00578. The fraction of sp³-hybridized carbons (Fsp3) is 0.611. The van der Waals surface area contributed by atoms with Crippen molar-refractivity contribution >= 4 is 42.5 Å². The maximum absolute atomic E-state index is 12.5. The van der Waals surface area contributed by atoms with Gasteiger partial charge in [0.2, 0.25) is 0 Å². The summed E-state index contributed by atoms with van der Waals surface area (Å²) in [5.41, 5.74) is 0.481. The number of amides is 1. The van der Waals surface area contributed by atoms with E-state index in [1.165, 1.54) is 0 Å². The van der Waals surface area contributed by atoms with E-state index < -0.39 is 18.3 Å². The summed E-state index contributed by atoms with van der Waals surface area (Å²) in [5.74, 6) is -0.140. The molecule has 0 unspecified atom stereocenters. The summed E-state index contributed by atoms with van der Waals surface area (Å²) >= 11 is 6.37. The third-order valence-corrected chi connectivity index (χ3v) is 5.71. The first-order chi connectivity index (χ1) is 11.7. The van der Waals surface area contributed by atoms with Gasteiger partial charge in [0.25, 0.3) is 5.91 Å². The van der Waals surface area contributed by atoms with E-state index in [4.69, 9.17) is 20.9 Å². The molecule has 1 amide bonds. The number of hydrogen-bond donors (Lipinski definition) is 2. The van der Waals surface area contributed by atoms with Crippen LogP contribution in [0, 0.1) is 0 Å². The summed E-state index contributed by atoms with van der Waals surface area (Å²) in [5, 5.41) is 6.74. The maximum atomic E-state index is 12.5. The molecule has 2 fully saturated rings. The van der Waals surface area contributed by atoms with Crippen LogP contribution in [0.5, 0.6) is 0 Å². The highest BCUT2D eigenvalue weighted by Crippen LogP contribution is 2.36. The van der Waals surface area contributed by atoms with Gasteiger partial charge in [-0.2, -0.15) is 0 Å². The molecule has 0 aliphatic carbocycles. The van der Waals surface area contributed by atoms with Crippen LogP contribution in [0.25, 0.3) is 0 Å². The Hall–Kier alpha value is -0.785. The zero-order valence-corrected chi connectivity index (χ0v) is 17.3. The molecule has 2 N–H and O–H groups in total. The topological polar surface area (TPSA) is 59.6 Å². The molecule has 0 radical (unpaired) electrons. The third-order valence-electron chi connectivity index (χ3n) is 5.40. The summed E-state index contributed by atoms with van der Waals surface area (Å²) in [4.78, 5) is 12.5. The molecule has 1 aromatic carbocycles. The lowest BCUT2D eigenvalue weighted by atomic mass is 9.79. The Morgan fingerprint density at radius 3 is 2.46 bits per heavy atom. The predicted molar refractivity (Wildman–Crippen MR) is 108 cm³/mol. The Morgan fingerprint density at radius 1 is 1.27 bits per heavy atom. The highest BCUT2D eigenvalue weighted by atomic mass is 35.5. The molecule has 0 spiro atoms. The Morgan fingerprint density at radius 2 is 1.92 bits per heavy atom. The van der Waals surface area contributed by atoms with Crippen molar-refractivity contribution in [2.24, 2.45) is 0 Å². The first-order valence-corrected chi connectivity index (χ1v) is 9.24. The molecule has 2 saturated heterocycles. The van der Waals surface area contributed by atoms with Gasteiger partial charge < -0.3 is 19.9 Å². The molecule has 0 saturated carbocycles. The summed E-state index contributed by atoms with van der Waals surface area (Å²) in [6.45, 7) is 9.85. The molecule has 8 heteroatoms. The first-order valence-electron chi connectivity index (χ1n) is 8.86. The van der Waals surface area contributed by atoms with E-state index in [0.29, 0.717) is 10.6 Å². The Labute approximate surface area is 167 Å². The van der Waals surface area contributed by atoms with Crippen molar-refractivity contribution in [1.29, 1.82) is 0 Å². The Bertz CT molecular complexity index is 648. The van der Waals surface area contributed by atoms with Crippen LogP contribution >= 0.6 is 24.0 Å². The number of benzene rings is 1. The van der Waals surface area contributed by atoms with Crippen LogP contribution < -0.4 is 16.1 Å². The quantitative estimate of drug-likeness (QED) is 0.765. The van der Waals surface area contributed by atoms with Gasteiger partial charge in [-0.25, -0.2) is 0 Å². The standard InChI is InChI=1S/C18H26BClN2O3.ClH/c1-17(2)18(3,4)25-19(24-17)12-7-8-14(15(20)10-12)16(23)22-13-6-5-9-21-11-13;/h7-8,10,13,21H,5-6,9,11H2,1-4H3,(H,22,23);1H/t13-;/m0./s1. The number of carbonyl (C=O) groups is 1. The molecule has 3 rings (SSSR count). The van der Waals surface area contributed by atoms with Crippen molar-refractivity contribution in [3.05, 3.63) is 28.8 Å². The summed E-state index contributed by atoms with van der Waals surface area (Å²) < 4.78 is 12.1. The van der Waals surface area contributed by atoms with Gasteiger partial charge in [-0.3, -0.25) is 4.79 Å². The minimum absolute atomic E-state index is 0. The molecule has 1 atom stereocenters. The molecule has 2 heterocycles. The van der Waals surface area contributed by atoms with Gasteiger partial charge in [-0.15, -0.1) is 12.4 Å². The van der Waals surface area contributed by atoms with E-state index >= 15 is 0 Å². The molecule has 0 bridgehead atoms. The van der Waals surface area contributed by atoms with Gasteiger partial charge in [0.15, 0.2) is 0 Å². The minimum atomic E-state index is -0.484. The van der Waals surface area contributed by atoms with Crippen molar-refractivity contribution in [2.75, 3.05) is 13.1 Å². The van der Waals surface area contributed by atoms with E-state index in [2.05, 4.69) is 10.6 Å². The molecule has 1 aromatic rings. The fourth-order valence-corrected chi connectivity index (χ4v) is 3.35. The van der Waals surface area contributed by atoms with E-state index in [1.54, 1.807) is 12.1 Å². The smallest absolute Gasteiger partial charge is 0.399 e. The van der Waals surface area contributed by atoms with Crippen LogP contribution in [0.15, 0.2) is 18.2 Å². The zero-order valence-electron chi connectivity index (χ0n) is 15.7. The monoisotopic (exact) mass is 400 g/mol. The van der Waals surface area contributed by atoms with E-state index in [1.807, 2.05) is 33.8 Å². The molecule has 0 aromatic heterocycles. The summed E-state index contributed by atoms with van der Waals surface area (Å²) in [6, 6.07) is 5.51. The largest absolute Gasteiger partial charge is 0.494 e. The van der Waals surface area contributed by atoms with Crippen LogP contribution in [0.4, 0.5) is 0 Å². The lowest BCUT2D eigenvalue weighted by Gasteiger charge is -2.32. The van der Waals surface area contributed by atoms with Crippen molar-refractivity contribution in [3.63, 3.8) is 0 Å². The van der Waals surface area contributed by atoms with E-state index in [9.17, 15) is 4.79 Å². The highest BCUT2D eigenvalue weighted by Gasteiger charge is 2.51. The Kier molecular flexibility index (Phi) is 6.68. The third kappa shape index (κ3) is 4.37. The van der Waals surface area contributed by atoms with Crippen molar-refractivity contribution < 1.29 is 14.1 Å². The number of hydrogen-bond acceptors (Lipinski definition) is 4. The lowest BCUT2D eigenvalue weighted by Crippen LogP contribution is -2.45. The van der Waals surface area contributed by atoms with Crippen LogP contribution in [-0.2, 0) is 9.31 Å². The SMILES string of the molecule is CC1(C)OB(c2ccc(C(=O)N[C@H]3CCCNC3)c(Cl)c2)OC1(C)C.Cl. The van der Waals surface area contributed by atoms with Crippen LogP contribution in [0.2, 0.25) is 5.02 Å². The van der Waals surface area contributed by atoms with Gasteiger partial charge in [-0.1, -0.05) is 17.7 Å². The van der Waals surface area contributed by atoms with Crippen LogP contribution in [0.3, 0.4) is 0 Å². The average Bonchev–Trinajstić information content (AvgIpc) is 2.76. The zero-order chi connectivity index (χ0) is 18.2. The first kappa shape index (κ1) is 21.5. The molecule has 5 nitrogen and oxygen atoms in total. The molecule has 2 aliphatic rings. The number of rotatable bonds is 3. The number of carbonyl (C=O) groups excluding carboxylic acids is 1. The van der Waals surface area contributed by atoms with Gasteiger partial charge in [0.1, 0.15) is 0 Å². The normalized spacial score (nSPS) is 24.0. The minimum Gasteiger partial charge on any atom is -0.399 e. The van der Waals surface area contributed by atoms with Gasteiger partial charge in [0, 0.05) is 12.6 Å². The molecule has 26 heavy (non-hydrogen) atoms. The van der Waals surface area contributed by atoms with Crippen molar-refractivity contribution in [2.45, 2.75) is 57.8 Å². The molecule has 144 valence electrons. The van der Waals surface area contributed by atoms with E-state index in [0.717, 1.165) is 31.4 Å². The number of nitrogens with one attached hydrogen (secondary N) is 2. The molecule has 2 aliphatic heterocycles. The average molecular weight is 401 g/mol. The van der Waals surface area contributed by atoms with Gasteiger partial charge >= 0.3 is 7.12 Å². The second-order valence-corrected chi connectivity index (χ2v) is 8.25. The van der Waals surface area contributed by atoms with Gasteiger partial charge in [-0.05, 0) is 64.7 Å². The van der Waals surface area contributed by atoms with Crippen molar-refractivity contribution in [1.82, 2.24) is 10.6 Å².